The van der Waals surface area contributed by atoms with E-state index in [0.717, 1.165) is 11.1 Å². The van der Waals surface area contributed by atoms with Gasteiger partial charge < -0.3 is 14.5 Å². The first-order chi connectivity index (χ1) is 9.89. The number of pyridine rings is 1. The number of ether oxygens (including phenoxy) is 1. The summed E-state index contributed by atoms with van der Waals surface area (Å²) >= 11 is 0. The van der Waals surface area contributed by atoms with Crippen molar-refractivity contribution in [3.63, 3.8) is 0 Å². The number of aromatic nitrogens is 1. The molecule has 1 N–H and O–H groups in total. The third kappa shape index (κ3) is 2.46. The van der Waals surface area contributed by atoms with E-state index in [4.69, 9.17) is 4.74 Å². The van der Waals surface area contributed by atoms with E-state index in [-0.39, 0.29) is 18.7 Å². The van der Waals surface area contributed by atoms with Crippen molar-refractivity contribution in [2.24, 2.45) is 0 Å². The van der Waals surface area contributed by atoms with E-state index >= 15 is 0 Å². The Morgan fingerprint density at radius 2 is 2.14 bits per heavy atom. The highest BCUT2D eigenvalue weighted by molar-refractivity contribution is 5.96. The van der Waals surface area contributed by atoms with Crippen LogP contribution in [0.5, 0.6) is 5.75 Å². The van der Waals surface area contributed by atoms with Crippen molar-refractivity contribution in [3.8, 4) is 5.75 Å². The van der Waals surface area contributed by atoms with E-state index in [1.54, 1.807) is 23.8 Å². The number of rotatable bonds is 3. The van der Waals surface area contributed by atoms with E-state index in [1.165, 1.54) is 0 Å². The average molecular weight is 294 g/mol. The molecule has 1 amide bonds. The van der Waals surface area contributed by atoms with Crippen molar-refractivity contribution in [1.82, 2.24) is 9.72 Å². The van der Waals surface area contributed by atoms with Crippen molar-refractivity contribution in [1.29, 1.82) is 0 Å². The van der Waals surface area contributed by atoms with Crippen molar-refractivity contribution in [2.75, 3.05) is 7.11 Å². The maximum atomic E-state index is 12.8. The van der Waals surface area contributed by atoms with Crippen molar-refractivity contribution < 1.29 is 18.3 Å². The summed E-state index contributed by atoms with van der Waals surface area (Å²) in [6.07, 6.45) is 1.18. The standard InChI is InChI=1S/C15H16F2N2O2/c1-9-5-11-6-12(21-2)3-4-19(11)13(9)14(20)18-10-7-15(16,17)8-10/h3-6,10H,7-8H2,1-2H3,(H,18,20). The van der Waals surface area contributed by atoms with Gasteiger partial charge in [0.15, 0.2) is 0 Å². The lowest BCUT2D eigenvalue weighted by molar-refractivity contribution is -0.0901. The summed E-state index contributed by atoms with van der Waals surface area (Å²) < 4.78 is 32.5. The average Bonchev–Trinajstić information content (AvgIpc) is 2.71. The topological polar surface area (TPSA) is 42.7 Å². The molecule has 0 aliphatic heterocycles. The highest BCUT2D eigenvalue weighted by atomic mass is 19.3. The molecule has 112 valence electrons. The maximum absolute atomic E-state index is 12.8. The Balaban J connectivity index is 1.86. The minimum absolute atomic E-state index is 0.283. The van der Waals surface area contributed by atoms with Crippen LogP contribution in [0.2, 0.25) is 0 Å². The molecule has 2 heterocycles. The number of carbonyl (C=O) groups excluding carboxylic acids is 1. The van der Waals surface area contributed by atoms with Gasteiger partial charge >= 0.3 is 0 Å². The first kappa shape index (κ1) is 13.9. The second kappa shape index (κ2) is 4.72. The van der Waals surface area contributed by atoms with Crippen molar-refractivity contribution in [3.05, 3.63) is 35.7 Å². The molecule has 21 heavy (non-hydrogen) atoms. The Bertz CT molecular complexity index is 701. The van der Waals surface area contributed by atoms with Crippen LogP contribution in [0.1, 0.15) is 28.9 Å². The molecule has 0 atom stereocenters. The molecular weight excluding hydrogens is 278 g/mol. The first-order valence-corrected chi connectivity index (χ1v) is 6.74. The summed E-state index contributed by atoms with van der Waals surface area (Å²) in [5.41, 5.74) is 2.10. The lowest BCUT2D eigenvalue weighted by Gasteiger charge is -2.35. The molecule has 6 heteroatoms. The fourth-order valence-corrected chi connectivity index (χ4v) is 2.72. The molecule has 1 fully saturated rings. The highest BCUT2D eigenvalue weighted by Crippen LogP contribution is 2.37. The maximum Gasteiger partial charge on any atom is 0.268 e. The molecule has 4 nitrogen and oxygen atoms in total. The summed E-state index contributed by atoms with van der Waals surface area (Å²) in [5, 5.41) is 2.66. The van der Waals surface area contributed by atoms with Crippen LogP contribution in [0.25, 0.3) is 5.52 Å². The highest BCUT2D eigenvalue weighted by Gasteiger charge is 2.46. The van der Waals surface area contributed by atoms with Crippen LogP contribution in [-0.2, 0) is 0 Å². The quantitative estimate of drug-likeness (QED) is 0.946. The summed E-state index contributed by atoms with van der Waals surface area (Å²) in [5.74, 6) is -2.26. The number of nitrogens with one attached hydrogen (secondary N) is 1. The van der Waals surface area contributed by atoms with Gasteiger partial charge in [0, 0.05) is 36.7 Å². The normalized spacial score (nSPS) is 17.5. The number of nitrogens with zero attached hydrogens (tertiary/aromatic N) is 1. The van der Waals surface area contributed by atoms with Gasteiger partial charge in [-0.15, -0.1) is 0 Å². The fourth-order valence-electron chi connectivity index (χ4n) is 2.72. The Labute approximate surface area is 120 Å². The SMILES string of the molecule is COc1ccn2c(C(=O)NC3CC(F)(F)C3)c(C)cc2c1. The van der Waals surface area contributed by atoms with Crippen LogP contribution in [0.4, 0.5) is 8.78 Å². The molecule has 1 aliphatic rings. The number of hydrogen-bond donors (Lipinski definition) is 1. The van der Waals surface area contributed by atoms with Crippen LogP contribution in [0, 0.1) is 6.92 Å². The Hall–Kier alpha value is -2.11. The van der Waals surface area contributed by atoms with Gasteiger partial charge in [-0.2, -0.15) is 0 Å². The Kier molecular flexibility index (Phi) is 3.11. The zero-order chi connectivity index (χ0) is 15.2. The Morgan fingerprint density at radius 3 is 2.76 bits per heavy atom. The fraction of sp³-hybridized carbons (Fsp3) is 0.400. The lowest BCUT2D eigenvalue weighted by atomic mass is 9.88. The third-order valence-corrected chi connectivity index (χ3v) is 3.81. The molecule has 0 saturated heterocycles. The Morgan fingerprint density at radius 1 is 1.43 bits per heavy atom. The van der Waals surface area contributed by atoms with Gasteiger partial charge in [0.1, 0.15) is 11.4 Å². The van der Waals surface area contributed by atoms with Crippen molar-refractivity contribution in [2.45, 2.75) is 31.7 Å². The van der Waals surface area contributed by atoms with Crippen molar-refractivity contribution >= 4 is 11.4 Å². The summed E-state index contributed by atoms with van der Waals surface area (Å²) in [6.45, 7) is 1.82. The first-order valence-electron chi connectivity index (χ1n) is 6.74. The number of amides is 1. The molecule has 1 saturated carbocycles. The number of methoxy groups -OCH3 is 1. The minimum atomic E-state index is -2.64. The van der Waals surface area contributed by atoms with Crippen LogP contribution in [0.15, 0.2) is 24.4 Å². The van der Waals surface area contributed by atoms with Gasteiger partial charge in [0.25, 0.3) is 11.8 Å². The molecule has 0 radical (unpaired) electrons. The molecule has 2 aromatic rings. The molecule has 3 rings (SSSR count). The molecule has 1 aliphatic carbocycles. The summed E-state index contributed by atoms with van der Waals surface area (Å²) in [4.78, 5) is 12.3. The third-order valence-electron chi connectivity index (χ3n) is 3.81. The zero-order valence-electron chi connectivity index (χ0n) is 11.8. The molecule has 2 aromatic heterocycles. The zero-order valence-corrected chi connectivity index (χ0v) is 11.8. The second-order valence-electron chi connectivity index (χ2n) is 5.47. The second-order valence-corrected chi connectivity index (χ2v) is 5.47. The van der Waals surface area contributed by atoms with E-state index in [0.29, 0.717) is 11.4 Å². The van der Waals surface area contributed by atoms with Gasteiger partial charge in [-0.3, -0.25) is 4.79 Å². The number of aryl methyl sites for hydroxylation is 1. The van der Waals surface area contributed by atoms with Gasteiger partial charge in [-0.25, -0.2) is 8.78 Å². The molecule has 0 bridgehead atoms. The van der Waals surface area contributed by atoms with Gasteiger partial charge in [-0.05, 0) is 24.6 Å². The van der Waals surface area contributed by atoms with Gasteiger partial charge in [-0.1, -0.05) is 0 Å². The minimum Gasteiger partial charge on any atom is -0.497 e. The predicted molar refractivity (Wildman–Crippen MR) is 74.1 cm³/mol. The molecular formula is C15H16F2N2O2. The van der Waals surface area contributed by atoms with Crippen LogP contribution in [-0.4, -0.2) is 29.4 Å². The predicted octanol–water partition coefficient (Wildman–Crippen LogP) is 2.78. The van der Waals surface area contributed by atoms with E-state index in [1.807, 2.05) is 19.1 Å². The smallest absolute Gasteiger partial charge is 0.268 e. The lowest BCUT2D eigenvalue weighted by Crippen LogP contribution is -2.50. The van der Waals surface area contributed by atoms with Crippen LogP contribution >= 0.6 is 0 Å². The number of fused-ring (bicyclic) bond motifs is 1. The van der Waals surface area contributed by atoms with Crippen LogP contribution in [0.3, 0.4) is 0 Å². The van der Waals surface area contributed by atoms with E-state index < -0.39 is 12.0 Å². The van der Waals surface area contributed by atoms with E-state index in [9.17, 15) is 13.6 Å². The van der Waals surface area contributed by atoms with Gasteiger partial charge in [0.2, 0.25) is 0 Å². The van der Waals surface area contributed by atoms with Crippen LogP contribution < -0.4 is 10.1 Å². The summed E-state index contributed by atoms with van der Waals surface area (Å²) in [6, 6.07) is 4.99. The molecule has 0 spiro atoms. The van der Waals surface area contributed by atoms with E-state index in [2.05, 4.69) is 5.32 Å². The molecule has 0 unspecified atom stereocenters. The summed E-state index contributed by atoms with van der Waals surface area (Å²) in [7, 11) is 1.58. The number of halogens is 2. The molecule has 0 aromatic carbocycles. The monoisotopic (exact) mass is 294 g/mol. The number of hydrogen-bond acceptors (Lipinski definition) is 2. The number of alkyl halides is 2. The largest absolute Gasteiger partial charge is 0.497 e. The number of carbonyl (C=O) groups is 1. The van der Waals surface area contributed by atoms with Gasteiger partial charge in [0.05, 0.1) is 7.11 Å².